The summed E-state index contributed by atoms with van der Waals surface area (Å²) in [7, 11) is 0. The largest absolute Gasteiger partial charge is 0.412 e. The molecule has 0 saturated carbocycles. The number of rotatable bonds is 1. The summed E-state index contributed by atoms with van der Waals surface area (Å²) in [6, 6.07) is 0.168. The Bertz CT molecular complexity index is 151. The average molecular weight is 143 g/mol. The van der Waals surface area contributed by atoms with Crippen LogP contribution in [0.15, 0.2) is 4.99 Å². The van der Waals surface area contributed by atoms with Gasteiger partial charge in [0.25, 0.3) is 6.02 Å². The first-order valence-corrected chi connectivity index (χ1v) is 3.08. The van der Waals surface area contributed by atoms with E-state index in [4.69, 9.17) is 11.1 Å². The minimum Gasteiger partial charge on any atom is -0.412 e. The molecular weight excluding hydrogens is 130 g/mol. The van der Waals surface area contributed by atoms with Crippen LogP contribution in [0.1, 0.15) is 20.8 Å². The number of aliphatic imine (C=N–C) groups is 1. The molecule has 10 heavy (non-hydrogen) atoms. The molecule has 0 unspecified atom stereocenters. The highest BCUT2D eigenvalue weighted by Crippen LogP contribution is 1.86. The average Bonchev–Trinajstić information content (AvgIpc) is 1.58. The van der Waals surface area contributed by atoms with Gasteiger partial charge in [-0.3, -0.25) is 5.41 Å². The Balaban J connectivity index is 3.82. The maximum absolute atomic E-state index is 6.89. The Morgan fingerprint density at radius 1 is 1.60 bits per heavy atom. The van der Waals surface area contributed by atoms with Crippen molar-refractivity contribution in [1.29, 1.82) is 5.41 Å². The van der Waals surface area contributed by atoms with Gasteiger partial charge in [-0.2, -0.15) is 0 Å². The van der Waals surface area contributed by atoms with E-state index in [0.717, 1.165) is 0 Å². The van der Waals surface area contributed by atoms with Crippen LogP contribution >= 0.6 is 0 Å². The van der Waals surface area contributed by atoms with Gasteiger partial charge in [0.15, 0.2) is 5.90 Å². The molecule has 0 saturated heterocycles. The fourth-order valence-electron chi connectivity index (χ4n) is 0.438. The first-order chi connectivity index (χ1) is 4.52. The maximum Gasteiger partial charge on any atom is 0.288 e. The molecule has 0 aromatic heterocycles. The van der Waals surface area contributed by atoms with Gasteiger partial charge < -0.3 is 10.5 Å². The molecule has 0 spiro atoms. The number of hydrogen-bond donors (Lipinski definition) is 2. The normalized spacial score (nSPS) is 11.8. The lowest BCUT2D eigenvalue weighted by atomic mass is 10.4. The molecule has 0 fully saturated rings. The lowest BCUT2D eigenvalue weighted by Gasteiger charge is -2.02. The summed E-state index contributed by atoms with van der Waals surface area (Å²) in [5.74, 6) is 0.0573. The molecule has 0 heterocycles. The van der Waals surface area contributed by atoms with Crippen molar-refractivity contribution in [2.24, 2.45) is 10.7 Å². The van der Waals surface area contributed by atoms with E-state index in [0.29, 0.717) is 0 Å². The second-order valence-corrected chi connectivity index (χ2v) is 2.22. The van der Waals surface area contributed by atoms with Gasteiger partial charge in [-0.25, -0.2) is 4.99 Å². The zero-order valence-corrected chi connectivity index (χ0v) is 6.51. The molecule has 4 nitrogen and oxygen atoms in total. The predicted octanol–water partition coefficient (Wildman–Crippen LogP) is 0.723. The zero-order chi connectivity index (χ0) is 8.15. The summed E-state index contributed by atoms with van der Waals surface area (Å²) >= 11 is 0. The summed E-state index contributed by atoms with van der Waals surface area (Å²) < 4.78 is 4.67. The summed E-state index contributed by atoms with van der Waals surface area (Å²) in [6.07, 6.45) is 0. The third-order valence-electron chi connectivity index (χ3n) is 0.643. The molecule has 0 aromatic rings. The minimum absolute atomic E-state index is 0.0573. The van der Waals surface area contributed by atoms with Crippen LogP contribution in [0.25, 0.3) is 0 Å². The topological polar surface area (TPSA) is 71.5 Å². The van der Waals surface area contributed by atoms with Crippen molar-refractivity contribution in [2.75, 3.05) is 0 Å². The number of nitrogens with one attached hydrogen (secondary N) is 1. The van der Waals surface area contributed by atoms with E-state index >= 15 is 0 Å². The monoisotopic (exact) mass is 143 g/mol. The fourth-order valence-corrected chi connectivity index (χ4v) is 0.438. The van der Waals surface area contributed by atoms with Gasteiger partial charge >= 0.3 is 0 Å². The first-order valence-electron chi connectivity index (χ1n) is 3.08. The predicted molar refractivity (Wildman–Crippen MR) is 41.2 cm³/mol. The molecule has 0 aliphatic carbocycles. The van der Waals surface area contributed by atoms with Crippen LogP contribution in [-0.4, -0.2) is 18.0 Å². The Kier molecular flexibility index (Phi) is 3.46. The number of amidine groups is 1. The van der Waals surface area contributed by atoms with Crippen molar-refractivity contribution in [2.45, 2.75) is 26.8 Å². The van der Waals surface area contributed by atoms with Gasteiger partial charge in [-0.1, -0.05) is 0 Å². The molecule has 0 aliphatic rings. The van der Waals surface area contributed by atoms with E-state index < -0.39 is 0 Å². The Morgan fingerprint density at radius 3 is 2.40 bits per heavy atom. The van der Waals surface area contributed by atoms with E-state index in [-0.39, 0.29) is 18.0 Å². The fraction of sp³-hybridized carbons (Fsp3) is 0.667. The van der Waals surface area contributed by atoms with Crippen LogP contribution in [0.3, 0.4) is 0 Å². The van der Waals surface area contributed by atoms with Gasteiger partial charge in [-0.05, 0) is 13.8 Å². The van der Waals surface area contributed by atoms with E-state index in [2.05, 4.69) is 9.73 Å². The first kappa shape index (κ1) is 8.94. The number of nitrogens with two attached hydrogens (primary N) is 1. The lowest BCUT2D eigenvalue weighted by Crippen LogP contribution is -2.20. The second kappa shape index (κ2) is 3.87. The Labute approximate surface area is 60.6 Å². The molecule has 0 bridgehead atoms. The van der Waals surface area contributed by atoms with E-state index in [1.807, 2.05) is 13.8 Å². The third kappa shape index (κ3) is 5.08. The lowest BCUT2D eigenvalue weighted by molar-refractivity contribution is 0.518. The van der Waals surface area contributed by atoms with Crippen LogP contribution in [0.5, 0.6) is 0 Å². The minimum atomic E-state index is 0.0573. The molecule has 4 heteroatoms. The Hall–Kier alpha value is -1.06. The van der Waals surface area contributed by atoms with Crippen molar-refractivity contribution < 1.29 is 4.74 Å². The molecule has 0 aliphatic heterocycles. The van der Waals surface area contributed by atoms with E-state index in [9.17, 15) is 0 Å². The molecule has 0 rings (SSSR count). The van der Waals surface area contributed by atoms with Crippen molar-refractivity contribution in [3.63, 3.8) is 0 Å². The van der Waals surface area contributed by atoms with Gasteiger partial charge in [0, 0.05) is 13.0 Å². The van der Waals surface area contributed by atoms with Crippen LogP contribution in [0.4, 0.5) is 0 Å². The highest BCUT2D eigenvalue weighted by atomic mass is 16.5. The van der Waals surface area contributed by atoms with Crippen molar-refractivity contribution in [1.82, 2.24) is 0 Å². The summed E-state index contributed by atoms with van der Waals surface area (Å²) in [4.78, 5) is 3.85. The van der Waals surface area contributed by atoms with Crippen molar-refractivity contribution >= 4 is 11.9 Å². The molecule has 0 radical (unpaired) electrons. The molecule has 3 N–H and O–H groups in total. The molecule has 0 atom stereocenters. The SMILES string of the molecule is CC(=N)OC(N)=NC(C)C. The summed E-state index contributed by atoms with van der Waals surface area (Å²) in [5.41, 5.74) is 5.26. The Morgan fingerprint density at radius 2 is 2.10 bits per heavy atom. The van der Waals surface area contributed by atoms with E-state index in [1.165, 1.54) is 6.92 Å². The molecule has 0 aromatic carbocycles. The van der Waals surface area contributed by atoms with Crippen LogP contribution < -0.4 is 5.73 Å². The highest BCUT2D eigenvalue weighted by Gasteiger charge is 1.95. The number of ether oxygens (including phenoxy) is 1. The van der Waals surface area contributed by atoms with Gasteiger partial charge in [0.05, 0.1) is 0 Å². The number of nitrogens with zero attached hydrogens (tertiary/aromatic N) is 1. The van der Waals surface area contributed by atoms with Gasteiger partial charge in [0.1, 0.15) is 0 Å². The maximum atomic E-state index is 6.89. The smallest absolute Gasteiger partial charge is 0.288 e. The van der Waals surface area contributed by atoms with Crippen LogP contribution in [0, 0.1) is 5.41 Å². The molecular formula is C6H13N3O. The van der Waals surface area contributed by atoms with Gasteiger partial charge in [0.2, 0.25) is 0 Å². The summed E-state index contributed by atoms with van der Waals surface area (Å²) in [6.45, 7) is 5.27. The molecule has 58 valence electrons. The zero-order valence-electron chi connectivity index (χ0n) is 6.51. The quantitative estimate of drug-likeness (QED) is 0.419. The van der Waals surface area contributed by atoms with E-state index in [1.54, 1.807) is 0 Å². The molecule has 0 amide bonds. The van der Waals surface area contributed by atoms with Crippen molar-refractivity contribution in [3.8, 4) is 0 Å². The second-order valence-electron chi connectivity index (χ2n) is 2.22. The summed E-state index contributed by atoms with van der Waals surface area (Å²) in [5, 5.41) is 6.89. The van der Waals surface area contributed by atoms with Crippen molar-refractivity contribution in [3.05, 3.63) is 0 Å². The van der Waals surface area contributed by atoms with Crippen LogP contribution in [-0.2, 0) is 4.74 Å². The third-order valence-corrected chi connectivity index (χ3v) is 0.643. The number of hydrogen-bond acceptors (Lipinski definition) is 3. The standard InChI is InChI=1S/C6H13N3O/c1-4(2)9-6(8)10-5(3)7/h4,7H,1-3H3,(H2,8,9). The van der Waals surface area contributed by atoms with Gasteiger partial charge in [-0.15, -0.1) is 0 Å². The highest BCUT2D eigenvalue weighted by molar-refractivity contribution is 5.86. The van der Waals surface area contributed by atoms with Crippen LogP contribution in [0.2, 0.25) is 0 Å².